The summed E-state index contributed by atoms with van der Waals surface area (Å²) in [4.78, 5) is 0. The zero-order chi connectivity index (χ0) is 33.9. The van der Waals surface area contributed by atoms with Crippen LogP contribution in [0.25, 0.3) is 0 Å². The van der Waals surface area contributed by atoms with Crippen LogP contribution in [0.4, 0.5) is 0 Å². The molecule has 4 rings (SSSR count). The maximum absolute atomic E-state index is 6.82. The van der Waals surface area contributed by atoms with Crippen molar-refractivity contribution in [3.8, 4) is 0 Å². The van der Waals surface area contributed by atoms with E-state index < -0.39 is 36.9 Å². The van der Waals surface area contributed by atoms with Gasteiger partial charge in [0.25, 0.3) is 0 Å². The Kier molecular flexibility index (Phi) is 17.7. The van der Waals surface area contributed by atoms with E-state index in [1.54, 1.807) is 7.11 Å². The Balaban J connectivity index is 1.64. The molecule has 0 radical (unpaired) electrons. The van der Waals surface area contributed by atoms with Crippen molar-refractivity contribution in [1.82, 2.24) is 0 Å². The molecule has 0 aromatic heterocycles. The van der Waals surface area contributed by atoms with E-state index in [1.165, 1.54) is 56.3 Å². The number of ether oxygens (including phenoxy) is 5. The van der Waals surface area contributed by atoms with Gasteiger partial charge in [0.2, 0.25) is 0 Å². The van der Waals surface area contributed by atoms with Crippen molar-refractivity contribution >= 4 is 18.4 Å². The maximum atomic E-state index is 6.82. The first-order valence-corrected chi connectivity index (χ1v) is 26.5. The third-order valence-electron chi connectivity index (χ3n) is 9.68. The second kappa shape index (κ2) is 21.9. The van der Waals surface area contributed by atoms with Crippen LogP contribution in [0.1, 0.15) is 76.0 Å². The van der Waals surface area contributed by atoms with Gasteiger partial charge >= 0.3 is 291 Å². The van der Waals surface area contributed by atoms with Crippen LogP contribution in [-0.2, 0) is 43.5 Å². The molecule has 0 spiro atoms. The molecule has 48 heavy (non-hydrogen) atoms. The van der Waals surface area contributed by atoms with Crippen molar-refractivity contribution in [2.24, 2.45) is 0 Å². The molecule has 0 amide bonds. The van der Waals surface area contributed by atoms with Crippen molar-refractivity contribution in [1.29, 1.82) is 0 Å². The average molecular weight is 764 g/mol. The Bertz CT molecular complexity index is 1250. The molecule has 5 nitrogen and oxygen atoms in total. The van der Waals surface area contributed by atoms with Gasteiger partial charge in [-0.05, 0) is 0 Å². The van der Waals surface area contributed by atoms with Gasteiger partial charge in [0.05, 0.1) is 0 Å². The number of methoxy groups -OCH3 is 1. The molecular formula is C42H60O5Sn. The first kappa shape index (κ1) is 38.8. The minimum atomic E-state index is -2.39. The molecule has 0 saturated carbocycles. The third-order valence-corrected chi connectivity index (χ3v) is 24.9. The van der Waals surface area contributed by atoms with Crippen molar-refractivity contribution in [2.75, 3.05) is 7.11 Å². The summed E-state index contributed by atoms with van der Waals surface area (Å²) in [5.74, 6) is 0. The number of unbranched alkanes of at least 4 members (excludes halogenated alkanes) is 3. The van der Waals surface area contributed by atoms with Crippen LogP contribution >= 0.6 is 0 Å². The number of rotatable bonds is 22. The third kappa shape index (κ3) is 12.4. The summed E-state index contributed by atoms with van der Waals surface area (Å²) in [7, 11) is 1.70. The van der Waals surface area contributed by atoms with E-state index in [2.05, 4.69) is 81.5 Å². The van der Waals surface area contributed by atoms with Crippen LogP contribution < -0.4 is 0 Å². The van der Waals surface area contributed by atoms with Crippen LogP contribution in [0.15, 0.2) is 103 Å². The molecule has 0 N–H and O–H groups in total. The normalized spacial score (nSPS) is 21.5. The summed E-state index contributed by atoms with van der Waals surface area (Å²) in [6.07, 6.45) is 10.5. The van der Waals surface area contributed by atoms with Gasteiger partial charge in [0.1, 0.15) is 0 Å². The fraction of sp³-hybridized carbons (Fsp3) is 0.524. The topological polar surface area (TPSA) is 46.2 Å². The molecule has 6 heteroatoms. The summed E-state index contributed by atoms with van der Waals surface area (Å²) < 4.78 is 38.7. The standard InChI is InChI=1S/C30H33O5.3C4H9.Sn/c1-3-13-26-27(32-20-23-14-7-4-8-15-23)28(33-21-24-16-9-5-10-17-24)29(30(31-2)35-26)34-22-25-18-11-6-12-19-25;3*1-3-4-2;/h3-19,26-30H,1,20-22H2,2H3;3*1,3-4H2,2H3;/b13-3+;;;;/t26-,27+,28+,29-,30-;;;;/m1..../s1. The van der Waals surface area contributed by atoms with Gasteiger partial charge in [-0.25, -0.2) is 0 Å². The van der Waals surface area contributed by atoms with Crippen molar-refractivity contribution in [3.05, 3.63) is 120 Å². The molecule has 1 saturated heterocycles. The van der Waals surface area contributed by atoms with E-state index in [0.29, 0.717) is 19.8 Å². The van der Waals surface area contributed by atoms with Gasteiger partial charge in [-0.15, -0.1) is 0 Å². The van der Waals surface area contributed by atoms with E-state index in [4.69, 9.17) is 23.7 Å². The van der Waals surface area contributed by atoms with Gasteiger partial charge in [0.15, 0.2) is 0 Å². The Morgan fingerprint density at radius 2 is 1.00 bits per heavy atom. The molecule has 1 aliphatic heterocycles. The Morgan fingerprint density at radius 3 is 1.42 bits per heavy atom. The van der Waals surface area contributed by atoms with E-state index in [1.807, 2.05) is 42.5 Å². The van der Waals surface area contributed by atoms with Gasteiger partial charge < -0.3 is 0 Å². The molecule has 3 aromatic rings. The van der Waals surface area contributed by atoms with Gasteiger partial charge in [-0.2, -0.15) is 0 Å². The second-order valence-corrected chi connectivity index (χ2v) is 27.4. The SMILES string of the molecule is CCC[CH2][Sn]([CH2]/C=C/[C@H]1O[C@@H](OC)[C@H](OCc2ccccc2)[C@@H](OCc2ccccc2)[C@H]1OCc1ccccc1)([CH2]CCC)[CH2]CCC. The molecule has 1 fully saturated rings. The molecule has 3 aromatic carbocycles. The van der Waals surface area contributed by atoms with Crippen LogP contribution in [0, 0.1) is 0 Å². The summed E-state index contributed by atoms with van der Waals surface area (Å²) in [5, 5.41) is 0. The molecule has 0 bridgehead atoms. The molecule has 5 atom stereocenters. The first-order valence-electron chi connectivity index (χ1n) is 18.4. The number of hydrogen-bond acceptors (Lipinski definition) is 5. The Hall–Kier alpha value is -2.00. The predicted molar refractivity (Wildman–Crippen MR) is 200 cm³/mol. The first-order chi connectivity index (χ1) is 23.6. The summed E-state index contributed by atoms with van der Waals surface area (Å²) in [5.41, 5.74) is 3.31. The van der Waals surface area contributed by atoms with Crippen molar-refractivity contribution < 1.29 is 23.7 Å². The number of benzene rings is 3. The van der Waals surface area contributed by atoms with E-state index in [0.717, 1.165) is 16.7 Å². The molecule has 262 valence electrons. The predicted octanol–water partition coefficient (Wildman–Crippen LogP) is 10.5. The number of hydrogen-bond donors (Lipinski definition) is 0. The molecule has 0 unspecified atom stereocenters. The molecule has 1 heterocycles. The van der Waals surface area contributed by atoms with Gasteiger partial charge in [-0.1, -0.05) is 6.07 Å². The summed E-state index contributed by atoms with van der Waals surface area (Å²) in [6, 6.07) is 30.9. The fourth-order valence-electron chi connectivity index (χ4n) is 6.82. The van der Waals surface area contributed by atoms with Crippen molar-refractivity contribution in [2.45, 2.75) is 128 Å². The van der Waals surface area contributed by atoms with E-state index in [-0.39, 0.29) is 12.2 Å². The monoisotopic (exact) mass is 764 g/mol. The fourth-order valence-corrected chi connectivity index (χ4v) is 22.0. The molecule has 1 aliphatic rings. The molecular weight excluding hydrogens is 703 g/mol. The van der Waals surface area contributed by atoms with Crippen LogP contribution in [0.2, 0.25) is 17.7 Å². The second-order valence-electron chi connectivity index (χ2n) is 13.4. The summed E-state index contributed by atoms with van der Waals surface area (Å²) >= 11 is -2.39. The zero-order valence-corrected chi connectivity index (χ0v) is 32.8. The molecule has 0 aliphatic carbocycles. The van der Waals surface area contributed by atoms with Gasteiger partial charge in [-0.3, -0.25) is 0 Å². The van der Waals surface area contributed by atoms with Crippen molar-refractivity contribution in [3.63, 3.8) is 0 Å². The van der Waals surface area contributed by atoms with E-state index in [9.17, 15) is 0 Å². The minimum absolute atomic E-state index is 0.330. The van der Waals surface area contributed by atoms with E-state index >= 15 is 0 Å². The summed E-state index contributed by atoms with van der Waals surface area (Å²) in [6.45, 7) is 8.35. The zero-order valence-electron chi connectivity index (χ0n) is 29.9. The Labute approximate surface area is 295 Å². The van der Waals surface area contributed by atoms with Gasteiger partial charge in [0, 0.05) is 0 Å². The van der Waals surface area contributed by atoms with Crippen LogP contribution in [0.5, 0.6) is 0 Å². The van der Waals surface area contributed by atoms with Crippen LogP contribution in [-0.4, -0.2) is 56.2 Å². The van der Waals surface area contributed by atoms with Crippen LogP contribution in [0.3, 0.4) is 0 Å². The Morgan fingerprint density at radius 1 is 0.583 bits per heavy atom. The number of allylic oxidation sites excluding steroid dienone is 1. The quantitative estimate of drug-likeness (QED) is 0.0753. The average Bonchev–Trinajstić information content (AvgIpc) is 3.14.